The van der Waals surface area contributed by atoms with E-state index in [1.165, 1.54) is 15.3 Å². The van der Waals surface area contributed by atoms with Crippen molar-refractivity contribution in [3.05, 3.63) is 21.4 Å². The average molecular weight is 166 g/mol. The van der Waals surface area contributed by atoms with Gasteiger partial charge in [-0.05, 0) is 25.5 Å². The molecule has 11 heavy (non-hydrogen) atoms. The van der Waals surface area contributed by atoms with E-state index in [-0.39, 0.29) is 0 Å². The van der Waals surface area contributed by atoms with Gasteiger partial charge in [0, 0.05) is 9.75 Å². The van der Waals surface area contributed by atoms with Gasteiger partial charge in [0.25, 0.3) is 0 Å². The summed E-state index contributed by atoms with van der Waals surface area (Å²) >= 11 is 1.74. The first-order valence-corrected chi connectivity index (χ1v) is 4.23. The lowest BCUT2D eigenvalue weighted by atomic mass is 10.3. The molecule has 1 aromatic heterocycles. The first-order valence-electron chi connectivity index (χ1n) is 3.42. The number of nitrogens with zero attached hydrogens (tertiary/aromatic N) is 1. The smallest absolute Gasteiger partial charge is 0.176 e. The monoisotopic (exact) mass is 166 g/mol. The summed E-state index contributed by atoms with van der Waals surface area (Å²) in [6.07, 6.45) is 1.90. The second kappa shape index (κ2) is 3.40. The van der Waals surface area contributed by atoms with Crippen LogP contribution in [0, 0.1) is 25.3 Å². The van der Waals surface area contributed by atoms with Crippen LogP contribution >= 0.6 is 11.3 Å². The van der Waals surface area contributed by atoms with Crippen molar-refractivity contribution in [2.45, 2.75) is 20.4 Å². The quantitative estimate of drug-likeness (QED) is 0.538. The van der Waals surface area contributed by atoms with Gasteiger partial charge in [-0.2, -0.15) is 5.26 Å². The minimum Gasteiger partial charge on any atom is -0.319 e. The molecule has 0 aromatic carbocycles. The topological polar surface area (TPSA) is 35.8 Å². The van der Waals surface area contributed by atoms with Crippen molar-refractivity contribution < 1.29 is 0 Å². The Balaban J connectivity index is 2.67. The maximum atomic E-state index is 8.25. The molecule has 0 amide bonds. The van der Waals surface area contributed by atoms with Gasteiger partial charge in [0.2, 0.25) is 0 Å². The number of nitriles is 1. The third-order valence-corrected chi connectivity index (χ3v) is 2.71. The number of rotatable bonds is 2. The zero-order valence-electron chi connectivity index (χ0n) is 6.64. The first kappa shape index (κ1) is 8.09. The Morgan fingerprint density at radius 1 is 1.64 bits per heavy atom. The standard InChI is InChI=1S/C8H10N2S/c1-6-3-8(4-10-5-9)11-7(6)2/h3,10H,4H2,1-2H3. The molecule has 1 rings (SSSR count). The molecule has 0 aliphatic heterocycles. The molecule has 0 aliphatic rings. The van der Waals surface area contributed by atoms with Gasteiger partial charge < -0.3 is 5.32 Å². The number of thiophene rings is 1. The van der Waals surface area contributed by atoms with E-state index in [1.54, 1.807) is 11.3 Å². The SMILES string of the molecule is Cc1cc(CNC#N)sc1C. The number of hydrogen-bond acceptors (Lipinski definition) is 3. The van der Waals surface area contributed by atoms with Gasteiger partial charge in [0.05, 0.1) is 6.54 Å². The van der Waals surface area contributed by atoms with E-state index < -0.39 is 0 Å². The van der Waals surface area contributed by atoms with Crippen molar-refractivity contribution in [2.24, 2.45) is 0 Å². The van der Waals surface area contributed by atoms with Crippen molar-refractivity contribution in [3.8, 4) is 6.19 Å². The van der Waals surface area contributed by atoms with Crippen LogP contribution in [0.1, 0.15) is 15.3 Å². The van der Waals surface area contributed by atoms with Gasteiger partial charge in [-0.3, -0.25) is 0 Å². The van der Waals surface area contributed by atoms with E-state index >= 15 is 0 Å². The van der Waals surface area contributed by atoms with E-state index in [1.807, 2.05) is 6.19 Å². The summed E-state index contributed by atoms with van der Waals surface area (Å²) in [5, 5.41) is 10.9. The lowest BCUT2D eigenvalue weighted by molar-refractivity contribution is 0.901. The predicted molar refractivity (Wildman–Crippen MR) is 46.2 cm³/mol. The molecule has 1 aromatic rings. The number of aryl methyl sites for hydroxylation is 2. The maximum absolute atomic E-state index is 8.25. The fraction of sp³-hybridized carbons (Fsp3) is 0.375. The zero-order valence-corrected chi connectivity index (χ0v) is 7.46. The average Bonchev–Trinajstić information content (AvgIpc) is 2.28. The Labute approximate surface area is 70.5 Å². The molecule has 3 heteroatoms. The third kappa shape index (κ3) is 1.95. The Bertz CT molecular complexity index is 263. The van der Waals surface area contributed by atoms with Crippen molar-refractivity contribution in [1.29, 1.82) is 5.26 Å². The van der Waals surface area contributed by atoms with Gasteiger partial charge in [0.1, 0.15) is 0 Å². The molecule has 0 aliphatic carbocycles. The third-order valence-electron chi connectivity index (χ3n) is 1.56. The largest absolute Gasteiger partial charge is 0.319 e. The minimum atomic E-state index is 0.663. The number of nitrogens with one attached hydrogen (secondary N) is 1. The Morgan fingerprint density at radius 2 is 2.36 bits per heavy atom. The summed E-state index contributed by atoms with van der Waals surface area (Å²) in [7, 11) is 0. The van der Waals surface area contributed by atoms with Crippen LogP contribution in [0.25, 0.3) is 0 Å². The molecule has 0 bridgehead atoms. The minimum absolute atomic E-state index is 0.663. The van der Waals surface area contributed by atoms with Crippen molar-refractivity contribution >= 4 is 11.3 Å². The molecule has 2 nitrogen and oxygen atoms in total. The molecular weight excluding hydrogens is 156 g/mol. The van der Waals surface area contributed by atoms with Gasteiger partial charge in [-0.25, -0.2) is 0 Å². The van der Waals surface area contributed by atoms with Crippen molar-refractivity contribution in [2.75, 3.05) is 0 Å². The Hall–Kier alpha value is -1.01. The van der Waals surface area contributed by atoms with E-state index in [0.29, 0.717) is 6.54 Å². The second-order valence-electron chi connectivity index (χ2n) is 2.42. The van der Waals surface area contributed by atoms with Crippen LogP contribution in [-0.4, -0.2) is 0 Å². The lowest BCUT2D eigenvalue weighted by Crippen LogP contribution is -2.01. The highest BCUT2D eigenvalue weighted by Gasteiger charge is 1.99. The first-order chi connectivity index (χ1) is 5.24. The lowest BCUT2D eigenvalue weighted by Gasteiger charge is -1.89. The highest BCUT2D eigenvalue weighted by Crippen LogP contribution is 2.19. The zero-order chi connectivity index (χ0) is 8.27. The molecular formula is C8H10N2S. The fourth-order valence-corrected chi connectivity index (χ4v) is 1.86. The van der Waals surface area contributed by atoms with E-state index in [4.69, 9.17) is 5.26 Å². The van der Waals surface area contributed by atoms with Gasteiger partial charge >= 0.3 is 0 Å². The normalized spacial score (nSPS) is 9.18. The molecule has 58 valence electrons. The van der Waals surface area contributed by atoms with Crippen molar-refractivity contribution in [3.63, 3.8) is 0 Å². The summed E-state index contributed by atoms with van der Waals surface area (Å²) in [5.74, 6) is 0. The van der Waals surface area contributed by atoms with E-state index in [2.05, 4.69) is 25.2 Å². The summed E-state index contributed by atoms with van der Waals surface area (Å²) < 4.78 is 0. The van der Waals surface area contributed by atoms with Crippen LogP contribution in [0.15, 0.2) is 6.07 Å². The van der Waals surface area contributed by atoms with Gasteiger partial charge in [-0.1, -0.05) is 0 Å². The Kier molecular flexibility index (Phi) is 2.50. The van der Waals surface area contributed by atoms with Gasteiger partial charge in [-0.15, -0.1) is 11.3 Å². The van der Waals surface area contributed by atoms with E-state index in [9.17, 15) is 0 Å². The van der Waals surface area contributed by atoms with E-state index in [0.717, 1.165) is 0 Å². The van der Waals surface area contributed by atoms with Crippen LogP contribution in [0.4, 0.5) is 0 Å². The highest BCUT2D eigenvalue weighted by molar-refractivity contribution is 7.12. The van der Waals surface area contributed by atoms with Crippen LogP contribution in [0.2, 0.25) is 0 Å². The number of hydrogen-bond donors (Lipinski definition) is 1. The molecule has 0 unspecified atom stereocenters. The van der Waals surface area contributed by atoms with Crippen LogP contribution < -0.4 is 5.32 Å². The van der Waals surface area contributed by atoms with Crippen molar-refractivity contribution in [1.82, 2.24) is 5.32 Å². The molecule has 0 fully saturated rings. The molecule has 0 spiro atoms. The molecule has 0 saturated heterocycles. The molecule has 1 heterocycles. The van der Waals surface area contributed by atoms with Crippen LogP contribution in [0.5, 0.6) is 0 Å². The predicted octanol–water partition coefficient (Wildman–Crippen LogP) is 1.94. The fourth-order valence-electron chi connectivity index (χ4n) is 0.863. The molecule has 1 N–H and O–H groups in total. The summed E-state index contributed by atoms with van der Waals surface area (Å²) in [5.41, 5.74) is 1.31. The molecule has 0 saturated carbocycles. The summed E-state index contributed by atoms with van der Waals surface area (Å²) in [4.78, 5) is 2.56. The Morgan fingerprint density at radius 3 is 2.82 bits per heavy atom. The van der Waals surface area contributed by atoms with Gasteiger partial charge in [0.15, 0.2) is 6.19 Å². The highest BCUT2D eigenvalue weighted by atomic mass is 32.1. The summed E-state index contributed by atoms with van der Waals surface area (Å²) in [6, 6.07) is 2.12. The second-order valence-corrected chi connectivity index (χ2v) is 3.76. The maximum Gasteiger partial charge on any atom is 0.176 e. The molecule has 0 atom stereocenters. The van der Waals surface area contributed by atoms with Crippen LogP contribution in [-0.2, 0) is 6.54 Å². The van der Waals surface area contributed by atoms with Crippen LogP contribution in [0.3, 0.4) is 0 Å². The summed E-state index contributed by atoms with van der Waals surface area (Å²) in [6.45, 7) is 4.84. The molecule has 0 radical (unpaired) electrons.